The summed E-state index contributed by atoms with van der Waals surface area (Å²) in [6.45, 7) is 1.97. The van der Waals surface area contributed by atoms with Crippen LogP contribution in [0, 0.1) is 6.92 Å². The minimum absolute atomic E-state index is 0.209. The standard InChI is InChI=1S/C10H14F4N2OS/c1-5(15)8-6(2)16-7(18-8)3-17-4-10(13,14)9(11)12/h5,9H,3-4,15H2,1-2H3. The molecule has 0 amide bonds. The van der Waals surface area contributed by atoms with Crippen molar-refractivity contribution in [3.05, 3.63) is 15.6 Å². The van der Waals surface area contributed by atoms with Gasteiger partial charge in [-0.15, -0.1) is 11.3 Å². The zero-order valence-corrected chi connectivity index (χ0v) is 10.7. The first-order valence-corrected chi connectivity index (χ1v) is 6.01. The van der Waals surface area contributed by atoms with Crippen LogP contribution in [0.5, 0.6) is 0 Å². The molecule has 0 spiro atoms. The van der Waals surface area contributed by atoms with Crippen LogP contribution in [-0.4, -0.2) is 23.9 Å². The first-order valence-electron chi connectivity index (χ1n) is 5.19. The lowest BCUT2D eigenvalue weighted by molar-refractivity contribution is -0.168. The van der Waals surface area contributed by atoms with Gasteiger partial charge in [-0.2, -0.15) is 8.78 Å². The lowest BCUT2D eigenvalue weighted by Crippen LogP contribution is -2.32. The number of ether oxygens (including phenoxy) is 1. The number of aryl methyl sites for hydroxylation is 1. The van der Waals surface area contributed by atoms with Crippen LogP contribution in [0.25, 0.3) is 0 Å². The summed E-state index contributed by atoms with van der Waals surface area (Å²) < 4.78 is 53.4. The van der Waals surface area contributed by atoms with Crippen molar-refractivity contribution in [1.82, 2.24) is 4.98 Å². The van der Waals surface area contributed by atoms with Crippen molar-refractivity contribution in [1.29, 1.82) is 0 Å². The minimum atomic E-state index is -4.13. The van der Waals surface area contributed by atoms with Crippen LogP contribution < -0.4 is 5.73 Å². The molecule has 1 atom stereocenters. The molecule has 0 saturated heterocycles. The van der Waals surface area contributed by atoms with Crippen molar-refractivity contribution in [2.24, 2.45) is 5.73 Å². The molecule has 0 saturated carbocycles. The summed E-state index contributed by atoms with van der Waals surface area (Å²) >= 11 is 1.23. The number of aromatic nitrogens is 1. The number of rotatable bonds is 6. The summed E-state index contributed by atoms with van der Waals surface area (Å²) in [5.74, 6) is -4.13. The first-order chi connectivity index (χ1) is 8.24. The van der Waals surface area contributed by atoms with Crippen molar-refractivity contribution in [3.63, 3.8) is 0 Å². The van der Waals surface area contributed by atoms with Gasteiger partial charge in [0.25, 0.3) is 0 Å². The van der Waals surface area contributed by atoms with Crippen molar-refractivity contribution >= 4 is 11.3 Å². The SMILES string of the molecule is Cc1nc(COCC(F)(F)C(F)F)sc1C(C)N. The summed E-state index contributed by atoms with van der Waals surface area (Å²) in [6.07, 6.45) is -3.73. The fourth-order valence-electron chi connectivity index (χ4n) is 1.29. The fourth-order valence-corrected chi connectivity index (χ4v) is 2.25. The molecule has 1 heterocycles. The third kappa shape index (κ3) is 3.89. The van der Waals surface area contributed by atoms with Crippen molar-refractivity contribution < 1.29 is 22.3 Å². The molecule has 0 aliphatic rings. The molecule has 8 heteroatoms. The zero-order chi connectivity index (χ0) is 13.9. The largest absolute Gasteiger partial charge is 0.368 e. The maximum atomic E-state index is 12.5. The van der Waals surface area contributed by atoms with Gasteiger partial charge < -0.3 is 10.5 Å². The van der Waals surface area contributed by atoms with Gasteiger partial charge in [0, 0.05) is 10.9 Å². The van der Waals surface area contributed by atoms with E-state index in [2.05, 4.69) is 9.72 Å². The molecule has 0 aliphatic carbocycles. The normalized spacial score (nSPS) is 14.2. The number of thiazole rings is 1. The van der Waals surface area contributed by atoms with Crippen LogP contribution in [0.2, 0.25) is 0 Å². The summed E-state index contributed by atoms with van der Waals surface area (Å²) in [5.41, 5.74) is 6.38. The van der Waals surface area contributed by atoms with Crippen LogP contribution in [0.15, 0.2) is 0 Å². The molecule has 18 heavy (non-hydrogen) atoms. The maximum Gasteiger partial charge on any atom is 0.330 e. The minimum Gasteiger partial charge on any atom is -0.368 e. The quantitative estimate of drug-likeness (QED) is 0.818. The Bertz CT molecular complexity index is 395. The van der Waals surface area contributed by atoms with Crippen LogP contribution in [0.4, 0.5) is 17.6 Å². The predicted molar refractivity (Wildman–Crippen MR) is 60.1 cm³/mol. The number of nitrogens with two attached hydrogens (primary N) is 1. The number of hydrogen-bond donors (Lipinski definition) is 1. The van der Waals surface area contributed by atoms with E-state index in [0.717, 1.165) is 4.88 Å². The van der Waals surface area contributed by atoms with Gasteiger partial charge in [0.2, 0.25) is 0 Å². The van der Waals surface area contributed by atoms with E-state index >= 15 is 0 Å². The topological polar surface area (TPSA) is 48.1 Å². The Morgan fingerprint density at radius 2 is 2.06 bits per heavy atom. The second-order valence-corrected chi connectivity index (χ2v) is 5.02. The lowest BCUT2D eigenvalue weighted by atomic mass is 10.2. The van der Waals surface area contributed by atoms with Crippen molar-refractivity contribution in [3.8, 4) is 0 Å². The highest BCUT2D eigenvalue weighted by Crippen LogP contribution is 2.26. The smallest absolute Gasteiger partial charge is 0.330 e. The highest BCUT2D eigenvalue weighted by atomic mass is 32.1. The Kier molecular flexibility index (Phi) is 5.06. The molecule has 1 aromatic heterocycles. The number of nitrogens with zero attached hydrogens (tertiary/aromatic N) is 1. The van der Waals surface area contributed by atoms with Gasteiger partial charge in [-0.1, -0.05) is 0 Å². The zero-order valence-electron chi connectivity index (χ0n) is 9.92. The molecule has 0 fully saturated rings. The highest BCUT2D eigenvalue weighted by molar-refractivity contribution is 7.11. The molecular weight excluding hydrogens is 272 g/mol. The molecular formula is C10H14F4N2OS. The van der Waals surface area contributed by atoms with E-state index in [-0.39, 0.29) is 12.6 Å². The van der Waals surface area contributed by atoms with Crippen LogP contribution in [0.3, 0.4) is 0 Å². The summed E-state index contributed by atoms with van der Waals surface area (Å²) in [7, 11) is 0. The van der Waals surface area contributed by atoms with Crippen molar-refractivity contribution in [2.75, 3.05) is 6.61 Å². The maximum absolute atomic E-state index is 12.5. The van der Waals surface area contributed by atoms with Gasteiger partial charge in [-0.3, -0.25) is 0 Å². The number of halogens is 4. The molecule has 0 aliphatic heterocycles. The Morgan fingerprint density at radius 1 is 1.44 bits per heavy atom. The Labute approximate surface area is 106 Å². The molecule has 2 N–H and O–H groups in total. The Morgan fingerprint density at radius 3 is 2.50 bits per heavy atom. The number of hydrogen-bond acceptors (Lipinski definition) is 4. The molecule has 1 rings (SSSR count). The van der Waals surface area contributed by atoms with Gasteiger partial charge >= 0.3 is 12.3 Å². The van der Waals surface area contributed by atoms with E-state index in [1.807, 2.05) is 0 Å². The molecule has 1 unspecified atom stereocenters. The monoisotopic (exact) mass is 286 g/mol. The van der Waals surface area contributed by atoms with Gasteiger partial charge in [0.1, 0.15) is 11.6 Å². The number of alkyl halides is 4. The fraction of sp³-hybridized carbons (Fsp3) is 0.700. The van der Waals surface area contributed by atoms with E-state index in [4.69, 9.17) is 5.73 Å². The highest BCUT2D eigenvalue weighted by Gasteiger charge is 2.41. The molecule has 1 aromatic rings. The third-order valence-electron chi connectivity index (χ3n) is 2.13. The lowest BCUT2D eigenvalue weighted by Gasteiger charge is -2.14. The molecule has 0 bridgehead atoms. The second-order valence-electron chi connectivity index (χ2n) is 3.90. The molecule has 104 valence electrons. The van der Waals surface area contributed by atoms with E-state index in [0.29, 0.717) is 10.7 Å². The summed E-state index contributed by atoms with van der Waals surface area (Å²) in [5, 5.41) is 0.449. The van der Waals surface area contributed by atoms with E-state index in [1.165, 1.54) is 11.3 Å². The summed E-state index contributed by atoms with van der Waals surface area (Å²) in [6, 6.07) is -0.209. The average molecular weight is 286 g/mol. The average Bonchev–Trinajstić information content (AvgIpc) is 2.59. The predicted octanol–water partition coefficient (Wildman–Crippen LogP) is 2.89. The first kappa shape index (κ1) is 15.3. The van der Waals surface area contributed by atoms with E-state index in [1.54, 1.807) is 13.8 Å². The van der Waals surface area contributed by atoms with Gasteiger partial charge in [-0.25, -0.2) is 13.8 Å². The Balaban J connectivity index is 2.52. The van der Waals surface area contributed by atoms with E-state index < -0.39 is 19.0 Å². The Hall–Kier alpha value is -0.730. The van der Waals surface area contributed by atoms with Crippen LogP contribution in [-0.2, 0) is 11.3 Å². The summed E-state index contributed by atoms with van der Waals surface area (Å²) in [4.78, 5) is 4.91. The van der Waals surface area contributed by atoms with Gasteiger partial charge in [0.15, 0.2) is 0 Å². The third-order valence-corrected chi connectivity index (χ3v) is 3.46. The molecule has 0 radical (unpaired) electrons. The molecule has 3 nitrogen and oxygen atoms in total. The second kappa shape index (κ2) is 5.94. The van der Waals surface area contributed by atoms with Crippen molar-refractivity contribution in [2.45, 2.75) is 38.8 Å². The molecule has 0 aromatic carbocycles. The van der Waals surface area contributed by atoms with Crippen LogP contribution >= 0.6 is 11.3 Å². The van der Waals surface area contributed by atoms with Crippen LogP contribution in [0.1, 0.15) is 28.5 Å². The van der Waals surface area contributed by atoms with E-state index in [9.17, 15) is 17.6 Å². The van der Waals surface area contributed by atoms with Gasteiger partial charge in [-0.05, 0) is 13.8 Å². The van der Waals surface area contributed by atoms with Gasteiger partial charge in [0.05, 0.1) is 12.3 Å².